The van der Waals surface area contributed by atoms with E-state index in [1.165, 1.54) is 35.2 Å². The van der Waals surface area contributed by atoms with Crippen LogP contribution in [0, 0.1) is 5.82 Å². The molecule has 0 saturated heterocycles. The topological polar surface area (TPSA) is 66.9 Å². The molecule has 0 aliphatic rings. The van der Waals surface area contributed by atoms with Crippen molar-refractivity contribution in [1.82, 2.24) is 10.2 Å². The number of anilines is 2. The van der Waals surface area contributed by atoms with Crippen LogP contribution >= 0.6 is 23.1 Å². The number of para-hydroxylation sites is 1. The van der Waals surface area contributed by atoms with E-state index in [9.17, 15) is 9.18 Å². The number of benzene rings is 2. The molecule has 5 nitrogen and oxygen atoms in total. The minimum atomic E-state index is -0.250. The Hall–Kier alpha value is -2.45. The number of carbonyl (C=O) groups is 1. The van der Waals surface area contributed by atoms with Gasteiger partial charge < -0.3 is 10.6 Å². The van der Waals surface area contributed by atoms with Gasteiger partial charge in [-0.25, -0.2) is 4.39 Å². The second-order valence-corrected chi connectivity index (χ2v) is 7.69. The van der Waals surface area contributed by atoms with Crippen LogP contribution in [0.25, 0.3) is 0 Å². The number of halogens is 1. The van der Waals surface area contributed by atoms with Gasteiger partial charge in [0.25, 0.3) is 0 Å². The van der Waals surface area contributed by atoms with Crippen molar-refractivity contribution in [3.05, 3.63) is 66.0 Å². The van der Waals surface area contributed by atoms with Crippen molar-refractivity contribution in [2.24, 2.45) is 0 Å². The Bertz CT molecular complexity index is 840. The van der Waals surface area contributed by atoms with Crippen molar-refractivity contribution in [2.75, 3.05) is 16.4 Å². The molecule has 2 N–H and O–H groups in total. The van der Waals surface area contributed by atoms with Gasteiger partial charge in [0.05, 0.1) is 0 Å². The highest BCUT2D eigenvalue weighted by molar-refractivity contribution is 8.01. The van der Waals surface area contributed by atoms with Gasteiger partial charge in [-0.15, -0.1) is 10.2 Å². The summed E-state index contributed by atoms with van der Waals surface area (Å²) in [7, 11) is 0. The monoisotopic (exact) mass is 388 g/mol. The van der Waals surface area contributed by atoms with Crippen LogP contribution in [-0.4, -0.2) is 21.9 Å². The Morgan fingerprint density at radius 3 is 2.62 bits per heavy atom. The Balaban J connectivity index is 1.39. The quantitative estimate of drug-likeness (QED) is 0.560. The number of hydrogen-bond acceptors (Lipinski definition) is 6. The van der Waals surface area contributed by atoms with Crippen molar-refractivity contribution < 1.29 is 9.18 Å². The number of aromatic nitrogens is 2. The molecule has 0 aliphatic carbocycles. The van der Waals surface area contributed by atoms with Gasteiger partial charge in [0.2, 0.25) is 11.0 Å². The molecule has 1 amide bonds. The summed E-state index contributed by atoms with van der Waals surface area (Å²) in [5, 5.41) is 14.9. The first-order chi connectivity index (χ1) is 12.7. The van der Waals surface area contributed by atoms with Gasteiger partial charge in [0, 0.05) is 24.4 Å². The lowest BCUT2D eigenvalue weighted by atomic mass is 10.2. The number of nitrogens with one attached hydrogen (secondary N) is 2. The van der Waals surface area contributed by atoms with E-state index in [1.807, 2.05) is 30.3 Å². The van der Waals surface area contributed by atoms with Crippen LogP contribution in [0.4, 0.5) is 15.2 Å². The first kappa shape index (κ1) is 18.3. The third-order valence-electron chi connectivity index (χ3n) is 3.38. The molecule has 1 heterocycles. The minimum absolute atomic E-state index is 0.0251. The van der Waals surface area contributed by atoms with Crippen molar-refractivity contribution >= 4 is 39.8 Å². The first-order valence-electron chi connectivity index (χ1n) is 7.98. The molecule has 0 aliphatic heterocycles. The lowest BCUT2D eigenvalue weighted by molar-refractivity contribution is -0.115. The molecule has 0 radical (unpaired) electrons. The number of rotatable bonds is 8. The summed E-state index contributed by atoms with van der Waals surface area (Å²) in [6.45, 7) is 0.555. The summed E-state index contributed by atoms with van der Waals surface area (Å²) in [5.74, 6) is 0.355. The lowest BCUT2D eigenvalue weighted by Crippen LogP contribution is -2.11. The zero-order chi connectivity index (χ0) is 18.2. The van der Waals surface area contributed by atoms with Gasteiger partial charge in [0.1, 0.15) is 5.82 Å². The van der Waals surface area contributed by atoms with Crippen molar-refractivity contribution in [1.29, 1.82) is 0 Å². The summed E-state index contributed by atoms with van der Waals surface area (Å²) < 4.78 is 13.7. The second kappa shape index (κ2) is 9.30. The third kappa shape index (κ3) is 5.82. The highest BCUT2D eigenvalue weighted by atomic mass is 32.2. The van der Waals surface area contributed by atoms with Crippen LogP contribution in [0.15, 0.2) is 58.9 Å². The van der Waals surface area contributed by atoms with E-state index in [4.69, 9.17) is 0 Å². The maximum Gasteiger partial charge on any atom is 0.225 e. The smallest absolute Gasteiger partial charge is 0.225 e. The van der Waals surface area contributed by atoms with E-state index in [1.54, 1.807) is 12.1 Å². The summed E-state index contributed by atoms with van der Waals surface area (Å²) in [4.78, 5) is 11.9. The third-order valence-corrected chi connectivity index (χ3v) is 5.39. The van der Waals surface area contributed by atoms with E-state index in [-0.39, 0.29) is 11.7 Å². The molecular weight excluding hydrogens is 371 g/mol. The molecule has 0 saturated carbocycles. The van der Waals surface area contributed by atoms with E-state index in [0.29, 0.717) is 23.8 Å². The zero-order valence-electron chi connectivity index (χ0n) is 13.8. The molecule has 134 valence electrons. The molecule has 1 aromatic heterocycles. The van der Waals surface area contributed by atoms with Crippen LogP contribution in [0.3, 0.4) is 0 Å². The van der Waals surface area contributed by atoms with Crippen molar-refractivity contribution in [3.8, 4) is 0 Å². The minimum Gasteiger partial charge on any atom is -0.356 e. The Kier molecular flexibility index (Phi) is 6.56. The molecule has 2 aromatic carbocycles. The maximum atomic E-state index is 12.9. The SMILES string of the molecule is O=C(CCSc1nnc(NCc2ccc(F)cc2)s1)Nc1ccccc1. The fourth-order valence-corrected chi connectivity index (χ4v) is 3.85. The van der Waals surface area contributed by atoms with Crippen molar-refractivity contribution in [3.63, 3.8) is 0 Å². The normalized spacial score (nSPS) is 10.5. The van der Waals surface area contributed by atoms with Gasteiger partial charge in [0.15, 0.2) is 4.34 Å². The maximum absolute atomic E-state index is 12.9. The predicted molar refractivity (Wildman–Crippen MR) is 104 cm³/mol. The highest BCUT2D eigenvalue weighted by Gasteiger charge is 2.07. The van der Waals surface area contributed by atoms with Crippen LogP contribution in [-0.2, 0) is 11.3 Å². The van der Waals surface area contributed by atoms with Gasteiger partial charge in [-0.1, -0.05) is 53.4 Å². The van der Waals surface area contributed by atoms with E-state index in [0.717, 1.165) is 15.6 Å². The Labute approximate surface area is 159 Å². The number of amides is 1. The molecular formula is C18H17FN4OS2. The fraction of sp³-hybridized carbons (Fsp3) is 0.167. The molecule has 0 fully saturated rings. The van der Waals surface area contributed by atoms with Crippen LogP contribution < -0.4 is 10.6 Å². The number of hydrogen-bond donors (Lipinski definition) is 2. The highest BCUT2D eigenvalue weighted by Crippen LogP contribution is 2.26. The van der Waals surface area contributed by atoms with Gasteiger partial charge >= 0.3 is 0 Å². The molecule has 0 unspecified atom stereocenters. The van der Waals surface area contributed by atoms with Gasteiger partial charge in [-0.2, -0.15) is 0 Å². The average Bonchev–Trinajstić information content (AvgIpc) is 3.10. The Morgan fingerprint density at radius 1 is 1.08 bits per heavy atom. The molecule has 3 aromatic rings. The molecule has 3 rings (SSSR count). The molecule has 0 bridgehead atoms. The van der Waals surface area contributed by atoms with Crippen LogP contribution in [0.2, 0.25) is 0 Å². The number of carbonyl (C=O) groups excluding carboxylic acids is 1. The zero-order valence-corrected chi connectivity index (χ0v) is 15.4. The van der Waals surface area contributed by atoms with Gasteiger partial charge in [-0.05, 0) is 29.8 Å². The van der Waals surface area contributed by atoms with Crippen molar-refractivity contribution in [2.45, 2.75) is 17.3 Å². The first-order valence-corrected chi connectivity index (χ1v) is 9.79. The fourth-order valence-electron chi connectivity index (χ4n) is 2.10. The predicted octanol–water partition coefficient (Wildman–Crippen LogP) is 4.41. The molecule has 26 heavy (non-hydrogen) atoms. The number of thioether (sulfide) groups is 1. The van der Waals surface area contributed by atoms with E-state index in [2.05, 4.69) is 20.8 Å². The van der Waals surface area contributed by atoms with E-state index < -0.39 is 0 Å². The lowest BCUT2D eigenvalue weighted by Gasteiger charge is -2.03. The summed E-state index contributed by atoms with van der Waals surface area (Å²) in [5.41, 5.74) is 1.76. The van der Waals surface area contributed by atoms with Crippen LogP contribution in [0.5, 0.6) is 0 Å². The summed E-state index contributed by atoms with van der Waals surface area (Å²) >= 11 is 2.93. The second-order valence-electron chi connectivity index (χ2n) is 5.37. The Morgan fingerprint density at radius 2 is 1.85 bits per heavy atom. The summed E-state index contributed by atoms with van der Waals surface area (Å²) in [6, 6.07) is 15.7. The average molecular weight is 388 g/mol. The molecule has 8 heteroatoms. The largest absolute Gasteiger partial charge is 0.356 e. The molecule has 0 spiro atoms. The van der Waals surface area contributed by atoms with E-state index >= 15 is 0 Å². The standard InChI is InChI=1S/C18H17FN4OS2/c19-14-8-6-13(7-9-14)12-20-17-22-23-18(26-17)25-11-10-16(24)21-15-4-2-1-3-5-15/h1-9H,10-12H2,(H,20,22)(H,21,24). The van der Waals surface area contributed by atoms with Crippen LogP contribution in [0.1, 0.15) is 12.0 Å². The number of nitrogens with zero attached hydrogens (tertiary/aromatic N) is 2. The summed E-state index contributed by atoms with van der Waals surface area (Å²) in [6.07, 6.45) is 0.400. The molecule has 0 atom stereocenters. The van der Waals surface area contributed by atoms with Gasteiger partial charge in [-0.3, -0.25) is 4.79 Å².